The zero-order valence-electron chi connectivity index (χ0n) is 12.6. The van der Waals surface area contributed by atoms with Crippen LogP contribution in [0, 0.1) is 37.3 Å². The molecule has 0 bridgehead atoms. The number of aromatic nitrogens is 4. The van der Waals surface area contributed by atoms with Crippen molar-refractivity contribution in [3.8, 4) is 5.75 Å². The lowest BCUT2D eigenvalue weighted by atomic mass is 10.2. The number of hydrogen-bond donors (Lipinski definition) is 0. The van der Waals surface area contributed by atoms with Crippen LogP contribution in [0.3, 0.4) is 0 Å². The molecule has 1 aromatic carbocycles. The van der Waals surface area contributed by atoms with E-state index in [-0.39, 0.29) is 0 Å². The van der Waals surface area contributed by atoms with E-state index in [4.69, 9.17) is 0 Å². The van der Waals surface area contributed by atoms with Crippen molar-refractivity contribution in [1.29, 1.82) is 0 Å². The third kappa shape index (κ3) is 3.93. The van der Waals surface area contributed by atoms with Gasteiger partial charge in [-0.1, -0.05) is 4.68 Å². The van der Waals surface area contributed by atoms with Crippen molar-refractivity contribution >= 4 is 17.1 Å². The van der Waals surface area contributed by atoms with Crippen LogP contribution >= 0.6 is 0 Å². The van der Waals surface area contributed by atoms with E-state index in [0.717, 1.165) is 5.82 Å². The van der Waals surface area contributed by atoms with Crippen LogP contribution in [0.25, 0.3) is 0 Å². The largest absolute Gasteiger partial charge is 0.863 e. The van der Waals surface area contributed by atoms with Gasteiger partial charge in [-0.25, -0.2) is 0 Å². The number of aryl methyl sites for hydroxylation is 2. The number of tetrazole rings is 1. The summed E-state index contributed by atoms with van der Waals surface area (Å²) in [7, 11) is 3.73. The standard InChI is InChI=1S/C6H3N3O7.C4H9N4/c10-6-4(8(13)14)1-3(7(11)12)2-5(6)9(15)16;1-4-7(2)5-6-8(4)3/h1-2,10H;1-3H3/q;+1/p-1. The molecule has 0 radical (unpaired) electrons. The summed E-state index contributed by atoms with van der Waals surface area (Å²) in [5.74, 6) is -0.411. The van der Waals surface area contributed by atoms with Gasteiger partial charge in [-0.15, -0.1) is 4.68 Å². The summed E-state index contributed by atoms with van der Waals surface area (Å²) in [6, 6.07) is 0.769. The number of nitro benzene ring substituents is 3. The van der Waals surface area contributed by atoms with Crippen LogP contribution < -0.4 is 9.79 Å². The zero-order chi connectivity index (χ0) is 18.6. The third-order valence-corrected chi connectivity index (χ3v) is 2.88. The van der Waals surface area contributed by atoms with Crippen LogP contribution in [-0.2, 0) is 14.1 Å². The highest BCUT2D eigenvalue weighted by Gasteiger charge is 2.24. The Balaban J connectivity index is 0.000000300. The smallest absolute Gasteiger partial charge is 0.283 e. The molecule has 1 heterocycles. The van der Waals surface area contributed by atoms with Gasteiger partial charge < -0.3 is 5.11 Å². The molecule has 0 unspecified atom stereocenters. The maximum absolute atomic E-state index is 11.1. The fraction of sp³-hybridized carbons (Fsp3) is 0.300. The lowest BCUT2D eigenvalue weighted by molar-refractivity contribution is -0.737. The minimum atomic E-state index is -1.46. The SMILES string of the molecule is Cc1n(C)nn[n+]1C.O=[N+]([O-])c1cc([N+](=O)[O-])c([O-])c([N+](=O)[O-])c1. The number of nitrogens with zero attached hydrogens (tertiary/aromatic N) is 7. The van der Waals surface area contributed by atoms with Crippen molar-refractivity contribution in [3.05, 3.63) is 48.3 Å². The van der Waals surface area contributed by atoms with Crippen LogP contribution in [-0.4, -0.2) is 29.9 Å². The van der Waals surface area contributed by atoms with Crippen molar-refractivity contribution in [1.82, 2.24) is 15.1 Å². The molecule has 0 aliphatic rings. The Labute approximate surface area is 133 Å². The highest BCUT2D eigenvalue weighted by molar-refractivity contribution is 5.63. The van der Waals surface area contributed by atoms with Gasteiger partial charge in [-0.05, 0) is 0 Å². The van der Waals surface area contributed by atoms with Crippen LogP contribution in [0.1, 0.15) is 5.82 Å². The average Bonchev–Trinajstić information content (AvgIpc) is 2.78. The van der Waals surface area contributed by atoms with E-state index in [0.29, 0.717) is 12.1 Å². The zero-order valence-corrected chi connectivity index (χ0v) is 12.6. The summed E-state index contributed by atoms with van der Waals surface area (Å²) in [4.78, 5) is 27.5. The van der Waals surface area contributed by atoms with E-state index in [1.807, 2.05) is 21.0 Å². The molecule has 0 saturated heterocycles. The Bertz CT molecular complexity index is 761. The molecular formula is C10H11N7O7. The molecule has 24 heavy (non-hydrogen) atoms. The first-order valence-electron chi connectivity index (χ1n) is 6.07. The van der Waals surface area contributed by atoms with Crippen LogP contribution in [0.2, 0.25) is 0 Å². The van der Waals surface area contributed by atoms with Crippen molar-refractivity contribution in [2.75, 3.05) is 0 Å². The summed E-state index contributed by atoms with van der Waals surface area (Å²) in [5.41, 5.74) is -3.26. The van der Waals surface area contributed by atoms with Gasteiger partial charge in [0.05, 0.1) is 46.7 Å². The summed E-state index contributed by atoms with van der Waals surface area (Å²) >= 11 is 0. The molecular weight excluding hydrogens is 330 g/mol. The van der Waals surface area contributed by atoms with Crippen molar-refractivity contribution < 1.29 is 24.6 Å². The summed E-state index contributed by atoms with van der Waals surface area (Å²) in [6.45, 7) is 1.96. The molecule has 128 valence electrons. The molecule has 0 aliphatic heterocycles. The molecule has 0 fully saturated rings. The molecule has 2 aromatic rings. The van der Waals surface area contributed by atoms with Gasteiger partial charge in [0, 0.05) is 6.92 Å². The third-order valence-electron chi connectivity index (χ3n) is 2.88. The van der Waals surface area contributed by atoms with Gasteiger partial charge in [0.2, 0.25) is 0 Å². The van der Waals surface area contributed by atoms with E-state index < -0.39 is 37.6 Å². The Hall–Kier alpha value is -3.71. The van der Waals surface area contributed by atoms with Gasteiger partial charge in [-0.2, -0.15) is 0 Å². The van der Waals surface area contributed by atoms with Crippen LogP contribution in [0.4, 0.5) is 17.1 Å². The fourth-order valence-electron chi connectivity index (χ4n) is 1.42. The summed E-state index contributed by atoms with van der Waals surface area (Å²) in [5, 5.41) is 49.6. The van der Waals surface area contributed by atoms with E-state index in [1.165, 1.54) is 0 Å². The maximum atomic E-state index is 11.1. The predicted molar refractivity (Wildman–Crippen MR) is 72.8 cm³/mol. The summed E-state index contributed by atoms with van der Waals surface area (Å²) in [6.07, 6.45) is 0. The lowest BCUT2D eigenvalue weighted by Crippen LogP contribution is -2.33. The molecule has 14 nitrogen and oxygen atoms in total. The monoisotopic (exact) mass is 341 g/mol. The number of hydrogen-bond acceptors (Lipinski definition) is 9. The second kappa shape index (κ2) is 7.03. The molecule has 14 heteroatoms. The first kappa shape index (κ1) is 18.3. The molecule has 0 amide bonds. The van der Waals surface area contributed by atoms with E-state index in [2.05, 4.69) is 10.4 Å². The van der Waals surface area contributed by atoms with Crippen molar-refractivity contribution in [2.45, 2.75) is 6.92 Å². The van der Waals surface area contributed by atoms with Gasteiger partial charge in [-0.3, -0.25) is 30.3 Å². The second-order valence-electron chi connectivity index (χ2n) is 4.36. The van der Waals surface area contributed by atoms with Gasteiger partial charge in [0.25, 0.3) is 22.9 Å². The number of rotatable bonds is 3. The molecule has 0 spiro atoms. The Morgan fingerprint density at radius 2 is 1.50 bits per heavy atom. The Morgan fingerprint density at radius 3 is 1.71 bits per heavy atom. The first-order chi connectivity index (χ1) is 11.1. The van der Waals surface area contributed by atoms with E-state index in [1.54, 1.807) is 9.36 Å². The first-order valence-corrected chi connectivity index (χ1v) is 6.07. The number of non-ortho nitro benzene ring substituents is 1. The molecule has 0 aliphatic carbocycles. The van der Waals surface area contributed by atoms with Crippen LogP contribution in [0.15, 0.2) is 12.1 Å². The molecule has 0 atom stereocenters. The quantitative estimate of drug-likeness (QED) is 0.400. The number of benzene rings is 1. The molecule has 2 rings (SSSR count). The number of nitro groups is 3. The Kier molecular flexibility index (Phi) is 5.37. The maximum Gasteiger partial charge on any atom is 0.283 e. The molecule has 0 N–H and O–H groups in total. The topological polar surface area (TPSA) is 187 Å². The van der Waals surface area contributed by atoms with Gasteiger partial charge in [0.15, 0.2) is 5.21 Å². The van der Waals surface area contributed by atoms with E-state index >= 15 is 0 Å². The van der Waals surface area contributed by atoms with Crippen molar-refractivity contribution in [3.63, 3.8) is 0 Å². The van der Waals surface area contributed by atoms with Crippen molar-refractivity contribution in [2.24, 2.45) is 14.1 Å². The Morgan fingerprint density at radius 1 is 1.04 bits per heavy atom. The van der Waals surface area contributed by atoms with Crippen LogP contribution in [0.5, 0.6) is 5.75 Å². The predicted octanol–water partition coefficient (Wildman–Crippen LogP) is -0.567. The average molecular weight is 341 g/mol. The minimum Gasteiger partial charge on any atom is -0.863 e. The molecule has 0 saturated carbocycles. The lowest BCUT2D eigenvalue weighted by Gasteiger charge is -2.06. The minimum absolute atomic E-state index is 0.384. The normalized spacial score (nSPS) is 9.79. The summed E-state index contributed by atoms with van der Waals surface area (Å²) < 4.78 is 3.44. The highest BCUT2D eigenvalue weighted by Crippen LogP contribution is 2.36. The van der Waals surface area contributed by atoms with Gasteiger partial charge >= 0.3 is 0 Å². The van der Waals surface area contributed by atoms with E-state index in [9.17, 15) is 35.4 Å². The molecule has 1 aromatic heterocycles. The highest BCUT2D eigenvalue weighted by atomic mass is 16.6. The fourth-order valence-corrected chi connectivity index (χ4v) is 1.42. The second-order valence-corrected chi connectivity index (χ2v) is 4.36. The van der Waals surface area contributed by atoms with Gasteiger partial charge in [0.1, 0.15) is 5.21 Å².